The first kappa shape index (κ1) is 10.1. The summed E-state index contributed by atoms with van der Waals surface area (Å²) in [6.45, 7) is 2.32. The van der Waals surface area contributed by atoms with Gasteiger partial charge in [0.1, 0.15) is 0 Å². The van der Waals surface area contributed by atoms with Gasteiger partial charge in [-0.3, -0.25) is 0 Å². The highest BCUT2D eigenvalue weighted by molar-refractivity contribution is 7.78. The number of ether oxygens (including phenoxy) is 2. The smallest absolute Gasteiger partial charge is 0.231 e. The molecule has 1 unspecified atom stereocenters. The molecule has 0 spiro atoms. The van der Waals surface area contributed by atoms with Crippen LogP contribution in [-0.2, 0) is 6.42 Å². The zero-order valence-electron chi connectivity index (χ0n) is 8.40. The van der Waals surface area contributed by atoms with Gasteiger partial charge in [-0.2, -0.15) is 0 Å². The number of fused-ring (bicyclic) bond motifs is 1. The Morgan fingerprint density at radius 1 is 1.47 bits per heavy atom. The van der Waals surface area contributed by atoms with Gasteiger partial charge in [-0.15, -0.1) is 0 Å². The third kappa shape index (κ3) is 2.35. The van der Waals surface area contributed by atoms with Crippen LogP contribution >= 0.6 is 12.2 Å². The van der Waals surface area contributed by atoms with Gasteiger partial charge in [-0.25, -0.2) is 4.99 Å². The van der Waals surface area contributed by atoms with E-state index in [2.05, 4.69) is 22.4 Å². The van der Waals surface area contributed by atoms with Gasteiger partial charge in [0.05, 0.1) is 11.2 Å². The molecule has 1 aromatic rings. The second kappa shape index (κ2) is 4.43. The highest BCUT2D eigenvalue weighted by atomic mass is 32.1. The third-order valence-corrected chi connectivity index (χ3v) is 2.35. The molecule has 1 atom stereocenters. The lowest BCUT2D eigenvalue weighted by Gasteiger charge is -2.05. The predicted molar refractivity (Wildman–Crippen MR) is 60.8 cm³/mol. The number of aliphatic imine (C=N–C) groups is 1. The van der Waals surface area contributed by atoms with Gasteiger partial charge in [-0.1, -0.05) is 6.07 Å². The molecule has 0 aromatic heterocycles. The van der Waals surface area contributed by atoms with Crippen molar-refractivity contribution < 1.29 is 9.47 Å². The summed E-state index contributed by atoms with van der Waals surface area (Å²) in [5.41, 5.74) is 1.17. The second-order valence-corrected chi connectivity index (χ2v) is 3.64. The average Bonchev–Trinajstić information content (AvgIpc) is 2.65. The Morgan fingerprint density at radius 2 is 2.27 bits per heavy atom. The van der Waals surface area contributed by atoms with Crippen LogP contribution in [0, 0.1) is 0 Å². The van der Waals surface area contributed by atoms with Gasteiger partial charge in [0, 0.05) is 0 Å². The first-order chi connectivity index (χ1) is 7.29. The normalized spacial score (nSPS) is 14.5. The molecule has 78 valence electrons. The van der Waals surface area contributed by atoms with Crippen molar-refractivity contribution in [1.82, 2.24) is 0 Å². The van der Waals surface area contributed by atoms with E-state index >= 15 is 0 Å². The number of rotatable bonds is 3. The SMILES string of the molecule is CC(Cc1ccc2c(c1)OCO2)N=C=S. The summed E-state index contributed by atoms with van der Waals surface area (Å²) in [5.74, 6) is 1.62. The first-order valence-corrected chi connectivity index (χ1v) is 5.16. The Morgan fingerprint density at radius 3 is 3.07 bits per heavy atom. The molecular formula is C11H11NO2S. The van der Waals surface area contributed by atoms with Crippen LogP contribution in [0.4, 0.5) is 0 Å². The maximum absolute atomic E-state index is 5.29. The number of hydrogen-bond acceptors (Lipinski definition) is 4. The van der Waals surface area contributed by atoms with Crippen molar-refractivity contribution in [2.45, 2.75) is 19.4 Å². The average molecular weight is 221 g/mol. The summed E-state index contributed by atoms with van der Waals surface area (Å²) < 4.78 is 10.5. The minimum atomic E-state index is 0.155. The monoisotopic (exact) mass is 221 g/mol. The number of isothiocyanates is 1. The molecule has 1 heterocycles. The van der Waals surface area contributed by atoms with Crippen LogP contribution in [0.25, 0.3) is 0 Å². The molecule has 3 nitrogen and oxygen atoms in total. The molecular weight excluding hydrogens is 210 g/mol. The Kier molecular flexibility index (Phi) is 2.99. The lowest BCUT2D eigenvalue weighted by molar-refractivity contribution is 0.174. The van der Waals surface area contributed by atoms with Gasteiger partial charge in [0.15, 0.2) is 11.5 Å². The van der Waals surface area contributed by atoms with Crippen molar-refractivity contribution >= 4 is 17.4 Å². The molecule has 1 aliphatic heterocycles. The van der Waals surface area contributed by atoms with Crippen LogP contribution in [0.1, 0.15) is 12.5 Å². The van der Waals surface area contributed by atoms with E-state index in [0.29, 0.717) is 6.79 Å². The van der Waals surface area contributed by atoms with Crippen LogP contribution in [0.2, 0.25) is 0 Å². The topological polar surface area (TPSA) is 30.8 Å². The van der Waals surface area contributed by atoms with E-state index < -0.39 is 0 Å². The summed E-state index contributed by atoms with van der Waals surface area (Å²) in [4.78, 5) is 4.01. The first-order valence-electron chi connectivity index (χ1n) is 4.75. The summed E-state index contributed by atoms with van der Waals surface area (Å²) >= 11 is 4.56. The summed E-state index contributed by atoms with van der Waals surface area (Å²) in [6.07, 6.45) is 0.834. The fourth-order valence-corrected chi connectivity index (χ4v) is 1.72. The minimum Gasteiger partial charge on any atom is -0.454 e. The molecule has 0 bridgehead atoms. The zero-order chi connectivity index (χ0) is 10.7. The molecule has 0 N–H and O–H groups in total. The van der Waals surface area contributed by atoms with Crippen LogP contribution in [0.3, 0.4) is 0 Å². The van der Waals surface area contributed by atoms with Crippen LogP contribution in [-0.4, -0.2) is 18.0 Å². The van der Waals surface area contributed by atoms with Crippen LogP contribution in [0.5, 0.6) is 11.5 Å². The Balaban J connectivity index is 2.13. The summed E-state index contributed by atoms with van der Waals surface area (Å²) in [5, 5.41) is 2.39. The number of benzene rings is 1. The van der Waals surface area contributed by atoms with Gasteiger partial charge < -0.3 is 9.47 Å². The quantitative estimate of drug-likeness (QED) is 0.580. The van der Waals surface area contributed by atoms with E-state index in [-0.39, 0.29) is 6.04 Å². The number of nitrogens with zero attached hydrogens (tertiary/aromatic N) is 1. The summed E-state index contributed by atoms with van der Waals surface area (Å²) in [7, 11) is 0. The van der Waals surface area contributed by atoms with E-state index in [1.54, 1.807) is 0 Å². The molecule has 1 aromatic carbocycles. The van der Waals surface area contributed by atoms with Crippen molar-refractivity contribution in [2.75, 3.05) is 6.79 Å². The van der Waals surface area contributed by atoms with Crippen molar-refractivity contribution in [3.63, 3.8) is 0 Å². The van der Waals surface area contributed by atoms with Crippen LogP contribution < -0.4 is 9.47 Å². The Hall–Kier alpha value is -1.38. The second-order valence-electron chi connectivity index (χ2n) is 3.46. The number of hydrogen-bond donors (Lipinski definition) is 0. The molecule has 0 saturated heterocycles. The van der Waals surface area contributed by atoms with Gasteiger partial charge >= 0.3 is 0 Å². The van der Waals surface area contributed by atoms with Crippen molar-refractivity contribution in [2.24, 2.45) is 4.99 Å². The lowest BCUT2D eigenvalue weighted by Crippen LogP contribution is -2.02. The molecule has 0 radical (unpaired) electrons. The molecule has 0 fully saturated rings. The maximum atomic E-state index is 5.29. The standard InChI is InChI=1S/C11H11NO2S/c1-8(12-6-15)4-9-2-3-10-11(5-9)14-7-13-10/h2-3,5,8H,4,7H2,1H3. The van der Waals surface area contributed by atoms with E-state index in [4.69, 9.17) is 9.47 Å². The molecule has 0 amide bonds. The predicted octanol–water partition coefficient (Wildman–Crippen LogP) is 2.45. The van der Waals surface area contributed by atoms with E-state index in [0.717, 1.165) is 17.9 Å². The third-order valence-electron chi connectivity index (χ3n) is 2.24. The Labute approximate surface area is 93.7 Å². The fraction of sp³-hybridized carbons (Fsp3) is 0.364. The molecule has 0 aliphatic carbocycles. The lowest BCUT2D eigenvalue weighted by atomic mass is 10.1. The van der Waals surface area contributed by atoms with Gasteiger partial charge in [0.2, 0.25) is 6.79 Å². The largest absolute Gasteiger partial charge is 0.454 e. The molecule has 1 aliphatic rings. The highest BCUT2D eigenvalue weighted by Crippen LogP contribution is 2.32. The van der Waals surface area contributed by atoms with E-state index in [1.807, 2.05) is 25.1 Å². The Bertz CT molecular complexity index is 413. The molecule has 15 heavy (non-hydrogen) atoms. The van der Waals surface area contributed by atoms with Crippen molar-refractivity contribution in [3.8, 4) is 11.5 Å². The fourth-order valence-electron chi connectivity index (χ4n) is 1.54. The van der Waals surface area contributed by atoms with Crippen molar-refractivity contribution in [1.29, 1.82) is 0 Å². The molecule has 0 saturated carbocycles. The van der Waals surface area contributed by atoms with Crippen LogP contribution in [0.15, 0.2) is 23.2 Å². The molecule has 2 rings (SSSR count). The molecule has 4 heteroatoms. The minimum absolute atomic E-state index is 0.155. The van der Waals surface area contributed by atoms with E-state index in [9.17, 15) is 0 Å². The van der Waals surface area contributed by atoms with Gasteiger partial charge in [-0.05, 0) is 43.3 Å². The highest BCUT2D eigenvalue weighted by Gasteiger charge is 2.13. The van der Waals surface area contributed by atoms with E-state index in [1.165, 1.54) is 5.56 Å². The number of thiocarbonyl (C=S) groups is 1. The van der Waals surface area contributed by atoms with Crippen molar-refractivity contribution in [3.05, 3.63) is 23.8 Å². The van der Waals surface area contributed by atoms with Gasteiger partial charge in [0.25, 0.3) is 0 Å². The summed E-state index contributed by atoms with van der Waals surface area (Å²) in [6, 6.07) is 6.08. The zero-order valence-corrected chi connectivity index (χ0v) is 9.21. The maximum Gasteiger partial charge on any atom is 0.231 e.